The van der Waals surface area contributed by atoms with E-state index in [0.717, 1.165) is 28.7 Å². The number of hydrogen-bond donors (Lipinski definition) is 2. The Morgan fingerprint density at radius 2 is 1.95 bits per heavy atom. The number of H-pyrrole nitrogens is 1. The van der Waals surface area contributed by atoms with Gasteiger partial charge in [-0.25, -0.2) is 9.97 Å². The van der Waals surface area contributed by atoms with Crippen LogP contribution in [0.2, 0.25) is 0 Å². The van der Waals surface area contributed by atoms with Gasteiger partial charge in [0, 0.05) is 19.3 Å². The fourth-order valence-electron chi connectivity index (χ4n) is 3.76. The predicted molar refractivity (Wildman–Crippen MR) is 82.4 cm³/mol. The molecule has 2 aromatic heterocycles. The van der Waals surface area contributed by atoms with Crippen LogP contribution in [0.5, 0.6) is 0 Å². The van der Waals surface area contributed by atoms with E-state index in [2.05, 4.69) is 38.3 Å². The van der Waals surface area contributed by atoms with Gasteiger partial charge in [-0.3, -0.25) is 0 Å². The van der Waals surface area contributed by atoms with Crippen LogP contribution >= 0.6 is 12.4 Å². The van der Waals surface area contributed by atoms with E-state index in [1.807, 2.05) is 6.20 Å². The molecule has 2 aliphatic rings. The number of nitrogens with zero attached hydrogens (tertiary/aromatic N) is 3. The minimum Gasteiger partial charge on any atom is -0.356 e. The minimum atomic E-state index is 0. The lowest BCUT2D eigenvalue weighted by atomic mass is 10.0. The van der Waals surface area contributed by atoms with Crippen molar-refractivity contribution in [2.45, 2.75) is 18.9 Å². The molecule has 1 saturated heterocycles. The molecule has 0 spiro atoms. The molecule has 1 saturated carbocycles. The summed E-state index contributed by atoms with van der Waals surface area (Å²) in [5.74, 6) is 2.77. The van der Waals surface area contributed by atoms with Crippen LogP contribution in [0.3, 0.4) is 0 Å². The Balaban J connectivity index is 0.00000121. The number of nitrogens with one attached hydrogen (secondary N) is 2. The summed E-state index contributed by atoms with van der Waals surface area (Å²) in [6.45, 7) is 2.39. The van der Waals surface area contributed by atoms with Gasteiger partial charge in [-0.15, -0.1) is 12.4 Å². The third-order valence-electron chi connectivity index (χ3n) is 4.84. The molecule has 4 rings (SSSR count). The number of hydrogen-bond acceptors (Lipinski definition) is 4. The second kappa shape index (κ2) is 5.22. The van der Waals surface area contributed by atoms with E-state index in [4.69, 9.17) is 0 Å². The second-order valence-corrected chi connectivity index (χ2v) is 5.85. The van der Waals surface area contributed by atoms with Crippen molar-refractivity contribution in [3.63, 3.8) is 0 Å². The van der Waals surface area contributed by atoms with Gasteiger partial charge < -0.3 is 15.2 Å². The summed E-state index contributed by atoms with van der Waals surface area (Å²) in [4.78, 5) is 14.3. The first-order valence-corrected chi connectivity index (χ1v) is 7.04. The van der Waals surface area contributed by atoms with Gasteiger partial charge in [0.25, 0.3) is 0 Å². The van der Waals surface area contributed by atoms with E-state index in [9.17, 15) is 0 Å². The van der Waals surface area contributed by atoms with E-state index in [0.29, 0.717) is 6.04 Å². The lowest BCUT2D eigenvalue weighted by Gasteiger charge is -2.26. The number of anilines is 1. The Hall–Kier alpha value is -1.33. The summed E-state index contributed by atoms with van der Waals surface area (Å²) >= 11 is 0. The fourth-order valence-corrected chi connectivity index (χ4v) is 3.76. The van der Waals surface area contributed by atoms with Crippen LogP contribution in [0.25, 0.3) is 11.0 Å². The zero-order valence-electron chi connectivity index (χ0n) is 11.5. The van der Waals surface area contributed by atoms with Crippen molar-refractivity contribution in [3.05, 3.63) is 18.6 Å². The van der Waals surface area contributed by atoms with Crippen LogP contribution in [0, 0.1) is 11.8 Å². The molecule has 20 heavy (non-hydrogen) atoms. The average Bonchev–Trinajstić information content (AvgIpc) is 3.11. The molecular formula is C14H20ClN5. The molecule has 2 aromatic rings. The molecule has 0 radical (unpaired) electrons. The number of aromatic nitrogens is 3. The van der Waals surface area contributed by atoms with Gasteiger partial charge in [-0.2, -0.15) is 0 Å². The summed E-state index contributed by atoms with van der Waals surface area (Å²) in [7, 11) is 2.17. The van der Waals surface area contributed by atoms with Crippen LogP contribution in [-0.2, 0) is 0 Å². The summed E-state index contributed by atoms with van der Waals surface area (Å²) in [6, 6.07) is 2.68. The Morgan fingerprint density at radius 1 is 1.20 bits per heavy atom. The third kappa shape index (κ3) is 2.05. The number of halogens is 1. The van der Waals surface area contributed by atoms with Crippen LogP contribution in [0.15, 0.2) is 18.6 Å². The van der Waals surface area contributed by atoms with Gasteiger partial charge in [0.15, 0.2) is 0 Å². The highest BCUT2D eigenvalue weighted by Gasteiger charge is 2.39. The summed E-state index contributed by atoms with van der Waals surface area (Å²) in [5.41, 5.74) is 0.928. The number of aromatic amines is 1. The van der Waals surface area contributed by atoms with Crippen molar-refractivity contribution in [1.82, 2.24) is 20.3 Å². The first-order chi connectivity index (χ1) is 9.33. The fraction of sp³-hybridized carbons (Fsp3) is 0.571. The summed E-state index contributed by atoms with van der Waals surface area (Å²) in [5, 5.41) is 4.63. The van der Waals surface area contributed by atoms with Crippen molar-refractivity contribution >= 4 is 29.3 Å². The standard InChI is InChI=1S/C14H19N5.ClH/c1-19(11-4-9-6-15-7-10(9)5-11)14-12-2-3-16-13(12)17-8-18-14;/h2-3,8-11,15H,4-7H2,1H3,(H,16,17,18);1H/t9-,10?,11-;/m0./s1. The van der Waals surface area contributed by atoms with Gasteiger partial charge in [-0.1, -0.05) is 0 Å². The van der Waals surface area contributed by atoms with E-state index < -0.39 is 0 Å². The monoisotopic (exact) mass is 293 g/mol. The van der Waals surface area contributed by atoms with Crippen LogP contribution in [0.4, 0.5) is 5.82 Å². The van der Waals surface area contributed by atoms with Gasteiger partial charge >= 0.3 is 0 Å². The van der Waals surface area contributed by atoms with Crippen LogP contribution in [0.1, 0.15) is 12.8 Å². The zero-order chi connectivity index (χ0) is 12.8. The first kappa shape index (κ1) is 13.6. The smallest absolute Gasteiger partial charge is 0.142 e. The molecule has 0 aromatic carbocycles. The van der Waals surface area contributed by atoms with E-state index in [1.54, 1.807) is 6.33 Å². The third-order valence-corrected chi connectivity index (χ3v) is 4.84. The van der Waals surface area contributed by atoms with Gasteiger partial charge in [0.2, 0.25) is 0 Å². The highest BCUT2D eigenvalue weighted by atomic mass is 35.5. The first-order valence-electron chi connectivity index (χ1n) is 7.04. The van der Waals surface area contributed by atoms with Crippen molar-refractivity contribution in [2.75, 3.05) is 25.0 Å². The number of fused-ring (bicyclic) bond motifs is 2. The quantitative estimate of drug-likeness (QED) is 0.887. The normalized spacial score (nSPS) is 28.4. The maximum Gasteiger partial charge on any atom is 0.142 e. The SMILES string of the molecule is CN(c1ncnc2[nH]ccc12)[C@@H]1CC2CNC[C@@H]2C1.Cl. The molecule has 3 heterocycles. The predicted octanol–water partition coefficient (Wildman–Crippen LogP) is 1.81. The van der Waals surface area contributed by atoms with Gasteiger partial charge in [-0.05, 0) is 43.8 Å². The average molecular weight is 294 g/mol. The Bertz CT molecular complexity index is 586. The van der Waals surface area contributed by atoms with Gasteiger partial charge in [0.1, 0.15) is 17.8 Å². The highest BCUT2D eigenvalue weighted by Crippen LogP contribution is 2.38. The maximum atomic E-state index is 4.50. The molecular weight excluding hydrogens is 274 g/mol. The molecule has 1 unspecified atom stereocenters. The van der Waals surface area contributed by atoms with E-state index in [1.165, 1.54) is 25.9 Å². The lowest BCUT2D eigenvalue weighted by molar-refractivity contribution is 0.494. The molecule has 6 heteroatoms. The maximum absolute atomic E-state index is 4.50. The summed E-state index contributed by atoms with van der Waals surface area (Å²) in [6.07, 6.45) is 6.15. The zero-order valence-corrected chi connectivity index (χ0v) is 12.4. The molecule has 3 atom stereocenters. The van der Waals surface area contributed by atoms with Crippen molar-refractivity contribution in [3.8, 4) is 0 Å². The van der Waals surface area contributed by atoms with E-state index in [-0.39, 0.29) is 12.4 Å². The van der Waals surface area contributed by atoms with Crippen molar-refractivity contribution in [2.24, 2.45) is 11.8 Å². The highest BCUT2D eigenvalue weighted by molar-refractivity contribution is 5.87. The molecule has 2 N–H and O–H groups in total. The van der Waals surface area contributed by atoms with Crippen molar-refractivity contribution < 1.29 is 0 Å². The molecule has 108 valence electrons. The number of rotatable bonds is 2. The molecule has 0 bridgehead atoms. The second-order valence-electron chi connectivity index (χ2n) is 5.85. The molecule has 0 amide bonds. The largest absolute Gasteiger partial charge is 0.356 e. The lowest BCUT2D eigenvalue weighted by Crippen LogP contribution is -2.31. The topological polar surface area (TPSA) is 56.8 Å². The minimum absolute atomic E-state index is 0. The summed E-state index contributed by atoms with van der Waals surface area (Å²) < 4.78 is 0. The van der Waals surface area contributed by atoms with Crippen molar-refractivity contribution in [1.29, 1.82) is 0 Å². The molecule has 1 aliphatic heterocycles. The Morgan fingerprint density at radius 3 is 2.70 bits per heavy atom. The molecule has 1 aliphatic carbocycles. The molecule has 5 nitrogen and oxygen atoms in total. The molecule has 2 fully saturated rings. The Kier molecular flexibility index (Phi) is 3.56. The van der Waals surface area contributed by atoms with Crippen LogP contribution in [-0.4, -0.2) is 41.1 Å². The van der Waals surface area contributed by atoms with Crippen LogP contribution < -0.4 is 10.2 Å². The van der Waals surface area contributed by atoms with Gasteiger partial charge in [0.05, 0.1) is 5.39 Å². The Labute approximate surface area is 124 Å². The van der Waals surface area contributed by atoms with E-state index >= 15 is 0 Å².